The van der Waals surface area contributed by atoms with Crippen molar-refractivity contribution < 1.29 is 19.4 Å². The van der Waals surface area contributed by atoms with Crippen LogP contribution in [0.15, 0.2) is 46.0 Å². The second-order valence-corrected chi connectivity index (χ2v) is 6.88. The van der Waals surface area contributed by atoms with Crippen molar-refractivity contribution >= 4 is 28.1 Å². The molecular weight excluding hydrogens is 424 g/mol. The number of hydrogen-bond acceptors (Lipinski definition) is 5. The molecule has 1 amide bonds. The minimum absolute atomic E-state index is 0.0685. The van der Waals surface area contributed by atoms with E-state index in [0.717, 1.165) is 16.6 Å². The van der Waals surface area contributed by atoms with Crippen LogP contribution >= 0.6 is 15.9 Å². The number of halogens is 1. The fourth-order valence-electron chi connectivity index (χ4n) is 2.41. The number of amides is 1. The molecule has 7 heteroatoms. The van der Waals surface area contributed by atoms with Crippen LogP contribution in [-0.2, 0) is 11.2 Å². The van der Waals surface area contributed by atoms with E-state index in [9.17, 15) is 9.90 Å². The number of rotatable bonds is 10. The number of phenols is 1. The van der Waals surface area contributed by atoms with Crippen LogP contribution in [0.3, 0.4) is 0 Å². The van der Waals surface area contributed by atoms with Crippen molar-refractivity contribution in [3.63, 3.8) is 0 Å². The van der Waals surface area contributed by atoms with Crippen molar-refractivity contribution in [3.05, 3.63) is 52.0 Å². The summed E-state index contributed by atoms with van der Waals surface area (Å²) < 4.78 is 11.9. The Morgan fingerprint density at radius 2 is 2.00 bits per heavy atom. The summed E-state index contributed by atoms with van der Waals surface area (Å²) in [6.45, 7) is 4.83. The number of nitrogens with zero attached hydrogens (tertiary/aromatic N) is 1. The zero-order valence-corrected chi connectivity index (χ0v) is 17.7. The van der Waals surface area contributed by atoms with E-state index in [0.29, 0.717) is 37.4 Å². The van der Waals surface area contributed by atoms with Gasteiger partial charge in [-0.25, -0.2) is 5.43 Å². The summed E-state index contributed by atoms with van der Waals surface area (Å²) in [5, 5.41) is 13.6. The fraction of sp³-hybridized carbons (Fsp3) is 0.333. The molecule has 0 bridgehead atoms. The van der Waals surface area contributed by atoms with E-state index in [-0.39, 0.29) is 11.7 Å². The summed E-state index contributed by atoms with van der Waals surface area (Å²) in [5.74, 6) is 1.03. The molecule has 0 unspecified atom stereocenters. The number of ether oxygens (including phenoxy) is 2. The lowest BCUT2D eigenvalue weighted by molar-refractivity contribution is -0.121. The summed E-state index contributed by atoms with van der Waals surface area (Å²) >= 11 is 3.50. The highest BCUT2D eigenvalue weighted by Gasteiger charge is 2.05. The third-order valence-electron chi connectivity index (χ3n) is 3.90. The first-order valence-corrected chi connectivity index (χ1v) is 10.0. The maximum atomic E-state index is 11.9. The number of aryl methyl sites for hydroxylation is 1. The molecule has 0 spiro atoms. The molecule has 0 aliphatic rings. The van der Waals surface area contributed by atoms with Gasteiger partial charge in [0.05, 0.1) is 23.9 Å². The predicted octanol–water partition coefficient (Wildman–Crippen LogP) is 4.43. The van der Waals surface area contributed by atoms with Crippen molar-refractivity contribution in [2.75, 3.05) is 13.2 Å². The first kappa shape index (κ1) is 21.8. The Bertz CT molecular complexity index is 824. The Labute approximate surface area is 173 Å². The summed E-state index contributed by atoms with van der Waals surface area (Å²) in [5.41, 5.74) is 4.43. The molecule has 2 N–H and O–H groups in total. The van der Waals surface area contributed by atoms with E-state index >= 15 is 0 Å². The number of carbonyl (C=O) groups is 1. The van der Waals surface area contributed by atoms with Gasteiger partial charge in [-0.1, -0.05) is 13.0 Å². The monoisotopic (exact) mass is 448 g/mol. The van der Waals surface area contributed by atoms with Crippen LogP contribution in [0.2, 0.25) is 0 Å². The average Bonchev–Trinajstić information content (AvgIpc) is 2.68. The minimum atomic E-state index is -0.191. The van der Waals surface area contributed by atoms with Gasteiger partial charge in [-0.2, -0.15) is 5.10 Å². The number of benzene rings is 2. The van der Waals surface area contributed by atoms with Gasteiger partial charge in [0.1, 0.15) is 5.75 Å². The summed E-state index contributed by atoms with van der Waals surface area (Å²) in [6.07, 6.45) is 3.36. The standard InChI is InChI=1S/C21H25BrN2O4/c1-3-15-8-10-19(17(22)12-15)28-11-5-6-21(26)24-23-14-16-7-9-18(25)20(13-16)27-4-2/h7-10,12-14,25H,3-6,11H2,1-2H3,(H,24,26)/b23-14+. The van der Waals surface area contributed by atoms with Gasteiger partial charge in [0.2, 0.25) is 5.91 Å². The van der Waals surface area contributed by atoms with Gasteiger partial charge in [0.15, 0.2) is 11.5 Å². The highest BCUT2D eigenvalue weighted by Crippen LogP contribution is 2.27. The van der Waals surface area contributed by atoms with Gasteiger partial charge >= 0.3 is 0 Å². The molecule has 0 aliphatic heterocycles. The fourth-order valence-corrected chi connectivity index (χ4v) is 2.95. The van der Waals surface area contributed by atoms with Crippen LogP contribution in [0.5, 0.6) is 17.2 Å². The molecule has 0 fully saturated rings. The molecule has 2 rings (SSSR count). The van der Waals surface area contributed by atoms with Crippen molar-refractivity contribution in [2.45, 2.75) is 33.1 Å². The second kappa shape index (κ2) is 11.3. The zero-order chi connectivity index (χ0) is 20.4. The van der Waals surface area contributed by atoms with E-state index in [2.05, 4.69) is 33.4 Å². The Kier molecular flexibility index (Phi) is 8.81. The molecule has 0 saturated carbocycles. The van der Waals surface area contributed by atoms with E-state index < -0.39 is 0 Å². The molecule has 0 aromatic heterocycles. The maximum absolute atomic E-state index is 11.9. The Balaban J connectivity index is 1.73. The quantitative estimate of drug-likeness (QED) is 0.320. The van der Waals surface area contributed by atoms with Crippen LogP contribution < -0.4 is 14.9 Å². The third kappa shape index (κ3) is 6.88. The van der Waals surface area contributed by atoms with Crippen molar-refractivity contribution in [3.8, 4) is 17.2 Å². The predicted molar refractivity (Wildman–Crippen MR) is 113 cm³/mol. The van der Waals surface area contributed by atoms with Crippen LogP contribution in [0.1, 0.15) is 37.8 Å². The molecule has 150 valence electrons. The minimum Gasteiger partial charge on any atom is -0.504 e. The molecule has 0 aliphatic carbocycles. The number of hydrogen-bond donors (Lipinski definition) is 2. The first-order valence-electron chi connectivity index (χ1n) is 9.22. The van der Waals surface area contributed by atoms with E-state index in [4.69, 9.17) is 9.47 Å². The van der Waals surface area contributed by atoms with Gasteiger partial charge in [-0.3, -0.25) is 4.79 Å². The van der Waals surface area contributed by atoms with Gasteiger partial charge in [0, 0.05) is 6.42 Å². The van der Waals surface area contributed by atoms with Gasteiger partial charge in [-0.05, 0) is 77.2 Å². The summed E-state index contributed by atoms with van der Waals surface area (Å²) in [4.78, 5) is 11.9. The highest BCUT2D eigenvalue weighted by atomic mass is 79.9. The zero-order valence-electron chi connectivity index (χ0n) is 16.1. The maximum Gasteiger partial charge on any atom is 0.240 e. The molecular formula is C21H25BrN2O4. The molecule has 2 aromatic rings. The number of carbonyl (C=O) groups excluding carboxylic acids is 1. The first-order chi connectivity index (χ1) is 13.5. The molecule has 28 heavy (non-hydrogen) atoms. The van der Waals surface area contributed by atoms with Crippen LogP contribution in [0.25, 0.3) is 0 Å². The van der Waals surface area contributed by atoms with Gasteiger partial charge in [-0.15, -0.1) is 0 Å². The van der Waals surface area contributed by atoms with E-state index in [1.165, 1.54) is 17.8 Å². The average molecular weight is 449 g/mol. The lowest BCUT2D eigenvalue weighted by Crippen LogP contribution is -2.18. The molecule has 0 heterocycles. The van der Waals surface area contributed by atoms with E-state index in [1.54, 1.807) is 12.1 Å². The molecule has 6 nitrogen and oxygen atoms in total. The van der Waals surface area contributed by atoms with Crippen LogP contribution in [-0.4, -0.2) is 30.4 Å². The smallest absolute Gasteiger partial charge is 0.240 e. The highest BCUT2D eigenvalue weighted by molar-refractivity contribution is 9.10. The SMILES string of the molecule is CCOc1cc(/C=N/NC(=O)CCCOc2ccc(CC)cc2Br)ccc1O. The lowest BCUT2D eigenvalue weighted by Gasteiger charge is -2.09. The number of phenolic OH excluding ortho intramolecular Hbond substituents is 1. The van der Waals surface area contributed by atoms with Crippen LogP contribution in [0, 0.1) is 0 Å². The number of hydrazone groups is 1. The number of nitrogens with one attached hydrogen (secondary N) is 1. The Hall–Kier alpha value is -2.54. The largest absolute Gasteiger partial charge is 0.504 e. The second-order valence-electron chi connectivity index (χ2n) is 6.02. The molecule has 0 atom stereocenters. The van der Waals surface area contributed by atoms with Gasteiger partial charge < -0.3 is 14.6 Å². The van der Waals surface area contributed by atoms with Crippen molar-refractivity contribution in [2.24, 2.45) is 5.10 Å². The van der Waals surface area contributed by atoms with Gasteiger partial charge in [0.25, 0.3) is 0 Å². The number of aromatic hydroxyl groups is 1. The summed E-state index contributed by atoms with van der Waals surface area (Å²) in [7, 11) is 0. The van der Waals surface area contributed by atoms with Crippen molar-refractivity contribution in [1.82, 2.24) is 5.43 Å². The topological polar surface area (TPSA) is 80.2 Å². The Morgan fingerprint density at radius 3 is 2.71 bits per heavy atom. The normalized spacial score (nSPS) is 10.8. The summed E-state index contributed by atoms with van der Waals surface area (Å²) in [6, 6.07) is 10.9. The molecule has 2 aromatic carbocycles. The Morgan fingerprint density at radius 1 is 1.18 bits per heavy atom. The van der Waals surface area contributed by atoms with E-state index in [1.807, 2.05) is 25.1 Å². The third-order valence-corrected chi connectivity index (χ3v) is 4.52. The molecule has 0 saturated heterocycles. The molecule has 0 radical (unpaired) electrons. The van der Waals surface area contributed by atoms with Crippen LogP contribution in [0.4, 0.5) is 0 Å². The lowest BCUT2D eigenvalue weighted by atomic mass is 10.2. The van der Waals surface area contributed by atoms with Crippen molar-refractivity contribution in [1.29, 1.82) is 0 Å².